The smallest absolute Gasteiger partial charge is 0.189 e. The first-order valence-electron chi connectivity index (χ1n) is 7.34. The van der Waals surface area contributed by atoms with E-state index in [9.17, 15) is 9.59 Å². The molecule has 2 atom stereocenters. The molecule has 0 amide bonds. The second kappa shape index (κ2) is 7.99. The normalized spacial score (nSPS) is 23.7. The van der Waals surface area contributed by atoms with Crippen LogP contribution in [-0.2, 0) is 9.59 Å². The zero-order valence-corrected chi connectivity index (χ0v) is 13.5. The Morgan fingerprint density at radius 1 is 1.40 bits per heavy atom. The molecule has 0 aromatic carbocycles. The third-order valence-electron chi connectivity index (χ3n) is 3.45. The molecule has 114 valence electrons. The maximum atomic E-state index is 12.0. The van der Waals surface area contributed by atoms with Gasteiger partial charge in [-0.05, 0) is 25.2 Å². The van der Waals surface area contributed by atoms with E-state index in [-0.39, 0.29) is 34.1 Å². The molecule has 1 rings (SSSR count). The van der Waals surface area contributed by atoms with Crippen molar-refractivity contribution in [3.63, 3.8) is 0 Å². The van der Waals surface area contributed by atoms with Crippen molar-refractivity contribution in [1.29, 1.82) is 0 Å². The Balaban J connectivity index is 2.51. The third kappa shape index (κ3) is 6.23. The fourth-order valence-electron chi connectivity index (χ4n) is 2.58. The lowest BCUT2D eigenvalue weighted by atomic mass is 9.90. The number of hydrogen-bond donors (Lipinski definition) is 1. The van der Waals surface area contributed by atoms with Crippen molar-refractivity contribution in [3.05, 3.63) is 12.2 Å². The summed E-state index contributed by atoms with van der Waals surface area (Å²) in [5.41, 5.74) is 0. The minimum Gasteiger partial charge on any atom is -0.396 e. The lowest BCUT2D eigenvalue weighted by Gasteiger charge is -2.20. The Hall–Kier alpha value is -0.610. The molecule has 0 aliphatic heterocycles. The van der Waals surface area contributed by atoms with Crippen molar-refractivity contribution in [2.24, 2.45) is 11.8 Å². The van der Waals surface area contributed by atoms with E-state index in [1.54, 1.807) is 0 Å². The van der Waals surface area contributed by atoms with Crippen molar-refractivity contribution in [3.8, 4) is 0 Å². The topological polar surface area (TPSA) is 54.4 Å². The van der Waals surface area contributed by atoms with E-state index >= 15 is 0 Å². The number of hydrogen-bond acceptors (Lipinski definition) is 4. The van der Waals surface area contributed by atoms with Crippen LogP contribution < -0.4 is 0 Å². The van der Waals surface area contributed by atoms with Gasteiger partial charge >= 0.3 is 0 Å². The summed E-state index contributed by atoms with van der Waals surface area (Å²) >= 11 is 1.38. The van der Waals surface area contributed by atoms with Crippen molar-refractivity contribution in [1.82, 2.24) is 0 Å². The van der Waals surface area contributed by atoms with Gasteiger partial charge in [0.15, 0.2) is 5.12 Å². The molecule has 0 saturated heterocycles. The molecular formula is C16H26O3S. The molecule has 1 aliphatic carbocycles. The number of ketones is 1. The highest BCUT2D eigenvalue weighted by atomic mass is 32.2. The second-order valence-electron chi connectivity index (χ2n) is 6.38. The van der Waals surface area contributed by atoms with E-state index in [1.165, 1.54) is 11.8 Å². The summed E-state index contributed by atoms with van der Waals surface area (Å²) in [4.78, 5) is 24.0. The second-order valence-corrected chi connectivity index (χ2v) is 8.27. The van der Waals surface area contributed by atoms with Crippen LogP contribution in [0.4, 0.5) is 0 Å². The van der Waals surface area contributed by atoms with Gasteiger partial charge in [0.1, 0.15) is 5.78 Å². The summed E-state index contributed by atoms with van der Waals surface area (Å²) in [5, 5.41) is 8.92. The van der Waals surface area contributed by atoms with E-state index < -0.39 is 0 Å². The minimum atomic E-state index is -0.0593. The molecule has 4 heteroatoms. The zero-order chi connectivity index (χ0) is 15.2. The minimum absolute atomic E-state index is 0.00513. The summed E-state index contributed by atoms with van der Waals surface area (Å²) in [7, 11) is 0. The van der Waals surface area contributed by atoms with Gasteiger partial charge < -0.3 is 5.11 Å². The van der Waals surface area contributed by atoms with Crippen LogP contribution in [0.5, 0.6) is 0 Å². The Bertz CT molecular complexity index is 368. The highest BCUT2D eigenvalue weighted by Crippen LogP contribution is 2.37. The molecule has 1 aliphatic rings. The quantitative estimate of drug-likeness (QED) is 0.764. The van der Waals surface area contributed by atoms with Crippen LogP contribution in [0, 0.1) is 11.8 Å². The highest BCUT2D eigenvalue weighted by Gasteiger charge is 2.35. The van der Waals surface area contributed by atoms with E-state index in [0.717, 1.165) is 6.42 Å². The Morgan fingerprint density at radius 3 is 2.70 bits per heavy atom. The Morgan fingerprint density at radius 2 is 2.10 bits per heavy atom. The van der Waals surface area contributed by atoms with Gasteiger partial charge in [-0.3, -0.25) is 9.59 Å². The fourth-order valence-corrected chi connectivity index (χ4v) is 3.56. The molecule has 0 aromatic heterocycles. The first-order valence-corrected chi connectivity index (χ1v) is 8.15. The summed E-state index contributed by atoms with van der Waals surface area (Å²) < 4.78 is -0.0593. The number of Topliss-reactive ketones (excluding diaryl/α,β-unsaturated/α-hetero) is 1. The SMILES string of the molecule is CC(C)(C)SC(=O)CC1CCC(=O)C1C/C=C\CCO. The van der Waals surface area contributed by atoms with E-state index in [1.807, 2.05) is 32.9 Å². The monoisotopic (exact) mass is 298 g/mol. The lowest BCUT2D eigenvalue weighted by Crippen LogP contribution is -2.19. The van der Waals surface area contributed by atoms with Gasteiger partial charge in [-0.25, -0.2) is 0 Å². The maximum Gasteiger partial charge on any atom is 0.189 e. The van der Waals surface area contributed by atoms with Crippen LogP contribution in [0.2, 0.25) is 0 Å². The first kappa shape index (κ1) is 17.4. The molecule has 3 nitrogen and oxygen atoms in total. The number of carbonyl (C=O) groups is 2. The number of aliphatic hydroxyl groups is 1. The van der Waals surface area contributed by atoms with Crippen LogP contribution in [0.25, 0.3) is 0 Å². The molecule has 1 fully saturated rings. The average molecular weight is 298 g/mol. The molecule has 0 spiro atoms. The van der Waals surface area contributed by atoms with Gasteiger partial charge in [-0.1, -0.05) is 44.7 Å². The summed E-state index contributed by atoms with van der Waals surface area (Å²) in [6.45, 7) is 6.23. The Kier molecular flexibility index (Phi) is 6.96. The average Bonchev–Trinajstić information content (AvgIpc) is 2.64. The molecular weight excluding hydrogens is 272 g/mol. The van der Waals surface area contributed by atoms with Gasteiger partial charge in [0.05, 0.1) is 0 Å². The van der Waals surface area contributed by atoms with Crippen LogP contribution in [0.1, 0.15) is 52.9 Å². The van der Waals surface area contributed by atoms with Gasteiger partial charge in [-0.15, -0.1) is 0 Å². The predicted molar refractivity (Wildman–Crippen MR) is 83.6 cm³/mol. The van der Waals surface area contributed by atoms with E-state index in [4.69, 9.17) is 5.11 Å². The molecule has 20 heavy (non-hydrogen) atoms. The van der Waals surface area contributed by atoms with Crippen LogP contribution >= 0.6 is 11.8 Å². The first-order chi connectivity index (χ1) is 9.33. The maximum absolute atomic E-state index is 12.0. The molecule has 2 unspecified atom stereocenters. The zero-order valence-electron chi connectivity index (χ0n) is 12.7. The van der Waals surface area contributed by atoms with Crippen LogP contribution in [-0.4, -0.2) is 27.4 Å². The number of carbonyl (C=O) groups excluding carboxylic acids is 2. The number of rotatable bonds is 6. The van der Waals surface area contributed by atoms with E-state index in [2.05, 4.69) is 0 Å². The van der Waals surface area contributed by atoms with Crippen molar-refractivity contribution in [2.45, 2.75) is 57.6 Å². The molecule has 1 N–H and O–H groups in total. The van der Waals surface area contributed by atoms with Crippen molar-refractivity contribution < 1.29 is 14.7 Å². The molecule has 0 bridgehead atoms. The molecule has 1 saturated carbocycles. The van der Waals surface area contributed by atoms with E-state index in [0.29, 0.717) is 25.7 Å². The van der Waals surface area contributed by atoms with Gasteiger partial charge in [0, 0.05) is 30.1 Å². The van der Waals surface area contributed by atoms with Crippen LogP contribution in [0.15, 0.2) is 12.2 Å². The number of thioether (sulfide) groups is 1. The van der Waals surface area contributed by atoms with Crippen molar-refractivity contribution >= 4 is 22.7 Å². The van der Waals surface area contributed by atoms with Crippen LogP contribution in [0.3, 0.4) is 0 Å². The summed E-state index contributed by atoms with van der Waals surface area (Å²) in [6, 6.07) is 0. The highest BCUT2D eigenvalue weighted by molar-refractivity contribution is 8.14. The van der Waals surface area contributed by atoms with Crippen molar-refractivity contribution in [2.75, 3.05) is 6.61 Å². The van der Waals surface area contributed by atoms with Gasteiger partial charge in [0.2, 0.25) is 0 Å². The Labute approximate surface area is 126 Å². The third-order valence-corrected chi connectivity index (χ3v) is 4.45. The lowest BCUT2D eigenvalue weighted by molar-refractivity contribution is -0.121. The molecule has 0 heterocycles. The number of aliphatic hydroxyl groups excluding tert-OH is 1. The van der Waals surface area contributed by atoms with Gasteiger partial charge in [-0.2, -0.15) is 0 Å². The summed E-state index contributed by atoms with van der Waals surface area (Å²) in [6.07, 6.45) is 7.17. The predicted octanol–water partition coefficient (Wildman–Crippen LogP) is 3.36. The largest absolute Gasteiger partial charge is 0.396 e. The summed E-state index contributed by atoms with van der Waals surface area (Å²) in [5.74, 6) is 0.482. The molecule has 0 radical (unpaired) electrons. The fraction of sp³-hybridized carbons (Fsp3) is 0.750. The number of allylic oxidation sites excluding steroid dienone is 1. The van der Waals surface area contributed by atoms with Gasteiger partial charge in [0.25, 0.3) is 0 Å². The molecule has 0 aromatic rings. The standard InChI is InChI=1S/C16H26O3S/c1-16(2,3)20-15(19)11-12-8-9-14(18)13(12)7-5-4-6-10-17/h4-5,12-13,17H,6-11H2,1-3H3/b5-4-.